The average molecular weight is 309 g/mol. The van der Waals surface area contributed by atoms with Gasteiger partial charge in [-0.15, -0.1) is 0 Å². The highest BCUT2D eigenvalue weighted by Gasteiger charge is 2.13. The number of pyridine rings is 1. The van der Waals surface area contributed by atoms with Gasteiger partial charge in [0.05, 0.1) is 12.7 Å². The highest BCUT2D eigenvalue weighted by molar-refractivity contribution is 6.29. The Kier molecular flexibility index (Phi) is 4.75. The van der Waals surface area contributed by atoms with Gasteiger partial charge < -0.3 is 9.64 Å². The zero-order chi connectivity index (χ0) is 15.4. The van der Waals surface area contributed by atoms with Crippen molar-refractivity contribution in [1.82, 2.24) is 9.88 Å². The Morgan fingerprint density at radius 1 is 1.38 bits per heavy atom. The molecular weight excluding hydrogens is 295 g/mol. The van der Waals surface area contributed by atoms with E-state index in [0.717, 1.165) is 0 Å². The minimum absolute atomic E-state index is 0.176. The molecule has 0 aliphatic heterocycles. The Labute approximate surface area is 127 Å². The molecule has 0 fully saturated rings. The van der Waals surface area contributed by atoms with Gasteiger partial charge in [0.25, 0.3) is 5.91 Å². The first-order valence-corrected chi connectivity index (χ1v) is 6.58. The minimum atomic E-state index is -0.455. The third-order valence-electron chi connectivity index (χ3n) is 2.96. The molecule has 4 nitrogen and oxygen atoms in total. The summed E-state index contributed by atoms with van der Waals surface area (Å²) >= 11 is 5.68. The van der Waals surface area contributed by atoms with Crippen molar-refractivity contribution in [1.29, 1.82) is 0 Å². The van der Waals surface area contributed by atoms with Crippen LogP contribution in [-0.2, 0) is 6.54 Å². The number of benzene rings is 1. The van der Waals surface area contributed by atoms with Gasteiger partial charge in [0, 0.05) is 19.8 Å². The molecule has 0 saturated heterocycles. The van der Waals surface area contributed by atoms with Crippen LogP contribution in [0, 0.1) is 5.82 Å². The average Bonchev–Trinajstić information content (AvgIpc) is 2.47. The molecular formula is C15H14ClFN2O2. The Morgan fingerprint density at radius 3 is 2.71 bits per heavy atom. The van der Waals surface area contributed by atoms with E-state index in [-0.39, 0.29) is 18.2 Å². The number of carbonyl (C=O) groups is 1. The Balaban J connectivity index is 2.10. The highest BCUT2D eigenvalue weighted by Crippen LogP contribution is 2.19. The van der Waals surface area contributed by atoms with Crippen LogP contribution in [0.25, 0.3) is 0 Å². The minimum Gasteiger partial charge on any atom is -0.494 e. The van der Waals surface area contributed by atoms with E-state index < -0.39 is 5.82 Å². The lowest BCUT2D eigenvalue weighted by Crippen LogP contribution is -2.26. The smallest absolute Gasteiger partial charge is 0.255 e. The summed E-state index contributed by atoms with van der Waals surface area (Å²) in [7, 11) is 3.04. The number of methoxy groups -OCH3 is 1. The lowest BCUT2D eigenvalue weighted by atomic mass is 10.2. The topological polar surface area (TPSA) is 42.4 Å². The number of carbonyl (C=O) groups excluding carboxylic acids is 1. The Hall–Kier alpha value is -2.14. The summed E-state index contributed by atoms with van der Waals surface area (Å²) in [5.41, 5.74) is 1.10. The van der Waals surface area contributed by atoms with Crippen LogP contribution >= 0.6 is 11.6 Å². The van der Waals surface area contributed by atoms with Gasteiger partial charge in [-0.1, -0.05) is 17.7 Å². The first-order valence-electron chi connectivity index (χ1n) is 6.20. The highest BCUT2D eigenvalue weighted by atomic mass is 35.5. The molecule has 1 aromatic carbocycles. The van der Waals surface area contributed by atoms with Crippen molar-refractivity contribution < 1.29 is 13.9 Å². The second kappa shape index (κ2) is 6.54. The van der Waals surface area contributed by atoms with E-state index in [4.69, 9.17) is 16.3 Å². The molecule has 0 N–H and O–H groups in total. The third kappa shape index (κ3) is 3.70. The summed E-state index contributed by atoms with van der Waals surface area (Å²) in [5, 5.41) is 0.325. The number of aromatic nitrogens is 1. The predicted molar refractivity (Wildman–Crippen MR) is 78.0 cm³/mol. The molecule has 0 atom stereocenters. The lowest BCUT2D eigenvalue weighted by Gasteiger charge is -2.17. The quantitative estimate of drug-likeness (QED) is 0.815. The van der Waals surface area contributed by atoms with Gasteiger partial charge in [0.1, 0.15) is 5.15 Å². The second-order valence-corrected chi connectivity index (χ2v) is 4.89. The van der Waals surface area contributed by atoms with Gasteiger partial charge in [-0.25, -0.2) is 9.37 Å². The summed E-state index contributed by atoms with van der Waals surface area (Å²) in [6, 6.07) is 7.75. The summed E-state index contributed by atoms with van der Waals surface area (Å²) in [5.74, 6) is -0.492. The summed E-state index contributed by atoms with van der Waals surface area (Å²) < 4.78 is 18.5. The van der Waals surface area contributed by atoms with E-state index in [1.807, 2.05) is 0 Å². The lowest BCUT2D eigenvalue weighted by molar-refractivity contribution is 0.0784. The van der Waals surface area contributed by atoms with Crippen LogP contribution in [0.3, 0.4) is 0 Å². The van der Waals surface area contributed by atoms with Gasteiger partial charge in [0.2, 0.25) is 0 Å². The molecule has 21 heavy (non-hydrogen) atoms. The van der Waals surface area contributed by atoms with E-state index >= 15 is 0 Å². The van der Waals surface area contributed by atoms with Crippen LogP contribution in [0.4, 0.5) is 4.39 Å². The molecule has 2 rings (SSSR count). The molecule has 110 valence electrons. The van der Waals surface area contributed by atoms with E-state index in [2.05, 4.69) is 4.98 Å². The first-order chi connectivity index (χ1) is 10.0. The zero-order valence-electron chi connectivity index (χ0n) is 11.6. The van der Waals surface area contributed by atoms with Gasteiger partial charge in [-0.2, -0.15) is 0 Å². The molecule has 2 aromatic rings. The van der Waals surface area contributed by atoms with Crippen molar-refractivity contribution in [2.24, 2.45) is 0 Å². The zero-order valence-corrected chi connectivity index (χ0v) is 12.4. The summed E-state index contributed by atoms with van der Waals surface area (Å²) in [6.45, 7) is 0.280. The second-order valence-electron chi connectivity index (χ2n) is 4.50. The maximum atomic E-state index is 13.6. The van der Waals surface area contributed by atoms with Crippen LogP contribution in [0.15, 0.2) is 36.5 Å². The van der Waals surface area contributed by atoms with Crippen molar-refractivity contribution in [3.05, 3.63) is 58.6 Å². The fourth-order valence-corrected chi connectivity index (χ4v) is 1.99. The molecule has 1 heterocycles. The molecule has 0 saturated carbocycles. The fourth-order valence-electron chi connectivity index (χ4n) is 1.88. The van der Waals surface area contributed by atoms with E-state index in [9.17, 15) is 9.18 Å². The van der Waals surface area contributed by atoms with Crippen LogP contribution in [0.2, 0.25) is 5.15 Å². The number of rotatable bonds is 4. The Morgan fingerprint density at radius 2 is 2.14 bits per heavy atom. The monoisotopic (exact) mass is 308 g/mol. The molecule has 0 aliphatic carbocycles. The van der Waals surface area contributed by atoms with E-state index in [0.29, 0.717) is 16.3 Å². The molecule has 0 radical (unpaired) electrons. The predicted octanol–water partition coefficient (Wildman–Crippen LogP) is 3.15. The maximum absolute atomic E-state index is 13.6. The number of nitrogens with zero attached hydrogens (tertiary/aromatic N) is 2. The van der Waals surface area contributed by atoms with Gasteiger partial charge in [0.15, 0.2) is 11.6 Å². The molecule has 0 unspecified atom stereocenters. The van der Waals surface area contributed by atoms with E-state index in [1.54, 1.807) is 25.2 Å². The largest absolute Gasteiger partial charge is 0.494 e. The number of ether oxygens (including phenoxy) is 1. The maximum Gasteiger partial charge on any atom is 0.255 e. The van der Waals surface area contributed by atoms with Crippen molar-refractivity contribution in [2.45, 2.75) is 6.54 Å². The van der Waals surface area contributed by atoms with Crippen molar-refractivity contribution in [3.63, 3.8) is 0 Å². The first kappa shape index (κ1) is 15.3. The van der Waals surface area contributed by atoms with Crippen LogP contribution in [-0.4, -0.2) is 29.9 Å². The van der Waals surface area contributed by atoms with Gasteiger partial charge >= 0.3 is 0 Å². The van der Waals surface area contributed by atoms with Crippen LogP contribution in [0.1, 0.15) is 15.9 Å². The third-order valence-corrected chi connectivity index (χ3v) is 3.18. The molecule has 0 aliphatic rings. The summed E-state index contributed by atoms with van der Waals surface area (Å²) in [6.07, 6.45) is 1.41. The number of amides is 1. The van der Waals surface area contributed by atoms with Gasteiger partial charge in [-0.3, -0.25) is 4.79 Å². The van der Waals surface area contributed by atoms with Crippen LogP contribution < -0.4 is 4.74 Å². The summed E-state index contributed by atoms with van der Waals surface area (Å²) in [4.78, 5) is 17.5. The van der Waals surface area contributed by atoms with Crippen molar-refractivity contribution in [3.8, 4) is 5.75 Å². The molecule has 0 spiro atoms. The SMILES string of the molecule is COc1ccc(CN(C)C(=O)c2ccc(Cl)nc2)cc1F. The standard InChI is InChI=1S/C15H14ClFN2O2/c1-19(15(20)11-4-6-14(16)18-8-11)9-10-3-5-13(21-2)12(17)7-10/h3-8H,9H2,1-2H3. The molecule has 1 amide bonds. The van der Waals surface area contributed by atoms with E-state index in [1.165, 1.54) is 30.3 Å². The number of hydrogen-bond acceptors (Lipinski definition) is 3. The van der Waals surface area contributed by atoms with Crippen molar-refractivity contribution >= 4 is 17.5 Å². The molecule has 0 bridgehead atoms. The van der Waals surface area contributed by atoms with Gasteiger partial charge in [-0.05, 0) is 29.8 Å². The normalized spacial score (nSPS) is 10.3. The Bertz CT molecular complexity index is 647. The van der Waals surface area contributed by atoms with Crippen molar-refractivity contribution in [2.75, 3.05) is 14.2 Å². The fraction of sp³-hybridized carbons (Fsp3) is 0.200. The molecule has 1 aromatic heterocycles. The number of halogens is 2. The number of hydrogen-bond donors (Lipinski definition) is 0. The van der Waals surface area contributed by atoms with Crippen LogP contribution in [0.5, 0.6) is 5.75 Å². The molecule has 6 heteroatoms.